The molecule has 0 radical (unpaired) electrons. The Kier molecular flexibility index (Phi) is 9.62. The van der Waals surface area contributed by atoms with E-state index < -0.39 is 36.1 Å². The summed E-state index contributed by atoms with van der Waals surface area (Å²) in [6, 6.07) is 20.5. The lowest BCUT2D eigenvalue weighted by atomic mass is 9.86. The van der Waals surface area contributed by atoms with Crippen LogP contribution in [0, 0.1) is 12.3 Å². The number of hydrogen-bond acceptors (Lipinski definition) is 9. The third kappa shape index (κ3) is 8.46. The van der Waals surface area contributed by atoms with Gasteiger partial charge in [0.2, 0.25) is 11.9 Å². The summed E-state index contributed by atoms with van der Waals surface area (Å²) in [6.45, 7) is 2.14. The van der Waals surface area contributed by atoms with E-state index in [-0.39, 0.29) is 23.2 Å². The van der Waals surface area contributed by atoms with Gasteiger partial charge in [0.1, 0.15) is 0 Å². The molecule has 3 aliphatic rings. The van der Waals surface area contributed by atoms with Gasteiger partial charge in [0, 0.05) is 53.6 Å². The van der Waals surface area contributed by atoms with E-state index in [1.165, 1.54) is 0 Å². The maximum atomic E-state index is 13.5. The lowest BCUT2D eigenvalue weighted by molar-refractivity contribution is -0.154. The molecule has 7 rings (SSSR count). The summed E-state index contributed by atoms with van der Waals surface area (Å²) in [7, 11) is 0. The lowest BCUT2D eigenvalue weighted by Gasteiger charge is -2.24. The lowest BCUT2D eigenvalue weighted by Crippen LogP contribution is -2.40. The Morgan fingerprint density at radius 3 is 2.09 bits per heavy atom. The molecule has 53 heavy (non-hydrogen) atoms. The number of halogens is 4. The Labute approximate surface area is 308 Å². The minimum atomic E-state index is -4.60. The molecule has 1 saturated carbocycles. The van der Waals surface area contributed by atoms with E-state index in [1.54, 1.807) is 58.3 Å². The zero-order valence-electron chi connectivity index (χ0n) is 28.7. The van der Waals surface area contributed by atoms with Crippen molar-refractivity contribution < 1.29 is 32.3 Å². The second-order valence-electron chi connectivity index (χ2n) is 13.9. The molecule has 276 valence electrons. The largest absolute Gasteiger partial charge is 0.454 e. The van der Waals surface area contributed by atoms with Gasteiger partial charge in [-0.1, -0.05) is 41.4 Å². The van der Waals surface area contributed by atoms with Crippen molar-refractivity contribution in [2.24, 2.45) is 5.41 Å². The van der Waals surface area contributed by atoms with E-state index in [0.29, 0.717) is 61.0 Å². The number of hydrogen-bond donors (Lipinski definition) is 3. The zero-order valence-corrected chi connectivity index (χ0v) is 29.4. The number of carbonyl (C=O) groups is 3. The average molecular weight is 749 g/mol. The van der Waals surface area contributed by atoms with Crippen LogP contribution in [-0.4, -0.2) is 81.4 Å². The molecule has 3 amide bonds. The summed E-state index contributed by atoms with van der Waals surface area (Å²) < 4.78 is 43.8. The van der Waals surface area contributed by atoms with Crippen LogP contribution in [0.1, 0.15) is 47.2 Å². The first kappa shape index (κ1) is 35.9. The van der Waals surface area contributed by atoms with Gasteiger partial charge >= 0.3 is 24.0 Å². The number of carbonyl (C=O) groups excluding carboxylic acids is 3. The van der Waals surface area contributed by atoms with Crippen molar-refractivity contribution in [3.63, 3.8) is 0 Å². The van der Waals surface area contributed by atoms with Gasteiger partial charge in [-0.2, -0.15) is 28.1 Å². The Morgan fingerprint density at radius 1 is 0.811 bits per heavy atom. The van der Waals surface area contributed by atoms with Crippen molar-refractivity contribution in [2.75, 3.05) is 48.7 Å². The first-order chi connectivity index (χ1) is 25.3. The highest BCUT2D eigenvalue weighted by molar-refractivity contribution is 6.39. The van der Waals surface area contributed by atoms with Crippen LogP contribution in [0.25, 0.3) is 0 Å². The first-order valence-corrected chi connectivity index (χ1v) is 17.5. The number of benzene rings is 3. The number of nitrogens with zero attached hydrogens (tertiary/aromatic N) is 5. The molecule has 1 atom stereocenters. The Bertz CT molecular complexity index is 2010. The molecule has 3 N–H and O–H groups in total. The molecule has 0 bridgehead atoms. The number of alkyl halides is 3. The smallest absolute Gasteiger partial charge is 0.422 e. The fourth-order valence-corrected chi connectivity index (χ4v) is 6.92. The summed E-state index contributed by atoms with van der Waals surface area (Å²) in [5.41, 5.74) is 2.63. The number of aryl methyl sites for hydroxylation is 1. The van der Waals surface area contributed by atoms with Crippen molar-refractivity contribution in [1.82, 2.24) is 24.8 Å². The number of likely N-dealkylation sites (tertiary alicyclic amines) is 2. The van der Waals surface area contributed by atoms with E-state index in [1.807, 2.05) is 31.2 Å². The van der Waals surface area contributed by atoms with Crippen LogP contribution in [0.4, 0.5) is 36.4 Å². The van der Waals surface area contributed by atoms with Crippen molar-refractivity contribution >= 4 is 52.6 Å². The minimum absolute atomic E-state index is 0.0287. The molecule has 1 aromatic heterocycles. The standard InChI is InChI=1S/C37H36ClF3N8O4/c1-23-2-10-27(11-3-23)42-29(50)31(52)49-19-17-35(21-49)16-18-48(20-35)30(51)24-4-12-28(13-5-24)43-32-44-33(46-34(45-32)53-22-37(39,40)41)47-36(14-15-36)25-6-8-26(38)9-7-25/h2-13H,14-22H2,1H3,(H,42,50)(H2,43,44,45,46,47). The average Bonchev–Trinajstić information content (AvgIpc) is 3.60. The number of rotatable bonds is 9. The van der Waals surface area contributed by atoms with E-state index in [0.717, 1.165) is 24.0 Å². The minimum Gasteiger partial charge on any atom is -0.454 e. The number of ether oxygens (including phenoxy) is 1. The van der Waals surface area contributed by atoms with Gasteiger partial charge in [0.15, 0.2) is 6.61 Å². The third-order valence-corrected chi connectivity index (χ3v) is 10.1. The SMILES string of the molecule is Cc1ccc(NC(=O)C(=O)N2CCC3(CCN(C(=O)c4ccc(Nc5nc(NC6(c7ccc(Cl)cc7)CC6)nc(OCC(F)(F)F)n5)cc4)C3)C2)cc1. The normalized spacial score (nSPS) is 18.9. The first-order valence-electron chi connectivity index (χ1n) is 17.1. The van der Waals surface area contributed by atoms with Gasteiger partial charge in [-0.25, -0.2) is 0 Å². The van der Waals surface area contributed by atoms with E-state index >= 15 is 0 Å². The third-order valence-electron chi connectivity index (χ3n) is 9.82. The van der Waals surface area contributed by atoms with Gasteiger partial charge < -0.3 is 30.5 Å². The van der Waals surface area contributed by atoms with Crippen molar-refractivity contribution in [2.45, 2.75) is 44.3 Å². The second-order valence-corrected chi connectivity index (χ2v) is 14.3. The summed E-state index contributed by atoms with van der Waals surface area (Å²) in [5, 5.41) is 9.45. The van der Waals surface area contributed by atoms with Crippen molar-refractivity contribution in [3.8, 4) is 6.01 Å². The number of anilines is 4. The Balaban J connectivity index is 0.983. The second kappa shape index (κ2) is 14.2. The molecule has 1 unspecified atom stereocenters. The summed E-state index contributed by atoms with van der Waals surface area (Å²) >= 11 is 6.05. The van der Waals surface area contributed by atoms with Crippen molar-refractivity contribution in [3.05, 3.63) is 94.5 Å². The summed E-state index contributed by atoms with van der Waals surface area (Å²) in [6.07, 6.45) is -1.72. The molecule has 3 heterocycles. The molecule has 2 saturated heterocycles. The molecular formula is C37H36ClF3N8O4. The quantitative estimate of drug-likeness (QED) is 0.168. The Hall–Kier alpha value is -5.44. The highest BCUT2D eigenvalue weighted by Gasteiger charge is 2.47. The van der Waals surface area contributed by atoms with Crippen LogP contribution in [0.3, 0.4) is 0 Å². The molecule has 1 aliphatic carbocycles. The molecule has 12 nitrogen and oxygen atoms in total. The van der Waals surface area contributed by atoms with E-state index in [4.69, 9.17) is 16.3 Å². The molecule has 3 fully saturated rings. The molecule has 4 aromatic rings. The summed E-state index contributed by atoms with van der Waals surface area (Å²) in [5.74, 6) is -1.49. The van der Waals surface area contributed by atoms with Crippen LogP contribution < -0.4 is 20.7 Å². The van der Waals surface area contributed by atoms with E-state index in [9.17, 15) is 27.6 Å². The van der Waals surface area contributed by atoms with Gasteiger partial charge in [-0.05, 0) is 86.7 Å². The van der Waals surface area contributed by atoms with Gasteiger partial charge in [-0.15, -0.1) is 0 Å². The van der Waals surface area contributed by atoms with Crippen LogP contribution in [0.2, 0.25) is 5.02 Å². The highest BCUT2D eigenvalue weighted by Crippen LogP contribution is 2.48. The molecular weight excluding hydrogens is 713 g/mol. The predicted molar refractivity (Wildman–Crippen MR) is 191 cm³/mol. The maximum Gasteiger partial charge on any atom is 0.422 e. The Morgan fingerprint density at radius 2 is 1.43 bits per heavy atom. The van der Waals surface area contributed by atoms with Crippen molar-refractivity contribution in [1.29, 1.82) is 0 Å². The predicted octanol–water partition coefficient (Wildman–Crippen LogP) is 6.32. The molecule has 1 spiro atoms. The van der Waals surface area contributed by atoms with E-state index in [2.05, 4.69) is 30.9 Å². The zero-order chi connectivity index (χ0) is 37.4. The number of aromatic nitrogens is 3. The van der Waals surface area contributed by atoms with Crippen LogP contribution in [-0.2, 0) is 15.1 Å². The highest BCUT2D eigenvalue weighted by atomic mass is 35.5. The fraction of sp³-hybridized carbons (Fsp3) is 0.351. The molecule has 3 aromatic carbocycles. The van der Waals surface area contributed by atoms with Crippen LogP contribution in [0.5, 0.6) is 6.01 Å². The maximum absolute atomic E-state index is 13.5. The monoisotopic (exact) mass is 748 g/mol. The van der Waals surface area contributed by atoms with Gasteiger partial charge in [0.05, 0.1) is 5.54 Å². The number of amides is 3. The molecule has 16 heteroatoms. The van der Waals surface area contributed by atoms with Crippen LogP contribution in [0.15, 0.2) is 72.8 Å². The topological polar surface area (TPSA) is 142 Å². The fourth-order valence-electron chi connectivity index (χ4n) is 6.80. The van der Waals surface area contributed by atoms with Gasteiger partial charge in [0.25, 0.3) is 5.91 Å². The number of nitrogens with one attached hydrogen (secondary N) is 3. The van der Waals surface area contributed by atoms with Crippen LogP contribution >= 0.6 is 11.6 Å². The summed E-state index contributed by atoms with van der Waals surface area (Å²) in [4.78, 5) is 55.0. The molecule has 2 aliphatic heterocycles. The van der Waals surface area contributed by atoms with Gasteiger partial charge in [-0.3, -0.25) is 14.4 Å².